The summed E-state index contributed by atoms with van der Waals surface area (Å²) in [6.45, 7) is 7.58. The van der Waals surface area contributed by atoms with E-state index in [2.05, 4.69) is 6.07 Å². The van der Waals surface area contributed by atoms with Crippen molar-refractivity contribution in [3.8, 4) is 28.6 Å². The molecule has 0 amide bonds. The number of aryl methyl sites for hydroxylation is 4. The van der Waals surface area contributed by atoms with Gasteiger partial charge in [-0.25, -0.2) is 0 Å². The highest BCUT2D eigenvalue weighted by Gasteiger charge is 2.42. The second-order valence-electron chi connectivity index (χ2n) is 13.4. The van der Waals surface area contributed by atoms with Crippen LogP contribution in [-0.2, 0) is 12.4 Å². The van der Waals surface area contributed by atoms with Crippen LogP contribution in [0, 0.1) is 39.0 Å². The van der Waals surface area contributed by atoms with Crippen molar-refractivity contribution in [2.75, 3.05) is 0 Å². The molecule has 0 N–H and O–H groups in total. The summed E-state index contributed by atoms with van der Waals surface area (Å²) in [5.41, 5.74) is 1.97. The van der Waals surface area contributed by atoms with Gasteiger partial charge >= 0.3 is 12.4 Å². The summed E-state index contributed by atoms with van der Waals surface area (Å²) in [5.74, 6) is 0. The van der Waals surface area contributed by atoms with Gasteiger partial charge in [-0.05, 0) is 92.4 Å². The number of nitrogens with zero attached hydrogens (tertiary/aromatic N) is 3. The van der Waals surface area contributed by atoms with Crippen LogP contribution in [0.2, 0.25) is 0 Å². The largest absolute Gasteiger partial charge is 0.417 e. The van der Waals surface area contributed by atoms with Crippen molar-refractivity contribution >= 4 is 43.6 Å². The van der Waals surface area contributed by atoms with Gasteiger partial charge in [0.05, 0.1) is 44.6 Å². The number of hydrogen-bond acceptors (Lipinski definition) is 1. The predicted octanol–water partition coefficient (Wildman–Crippen LogP) is 12.7. The fourth-order valence-electron chi connectivity index (χ4n) is 7.60. The van der Waals surface area contributed by atoms with Crippen LogP contribution in [0.25, 0.3) is 66.1 Å². The molecule has 8 rings (SSSR count). The third kappa shape index (κ3) is 5.04. The quantitative estimate of drug-likeness (QED) is 0.169. The molecule has 2 heterocycles. The van der Waals surface area contributed by atoms with E-state index in [1.165, 1.54) is 12.1 Å². The second-order valence-corrected chi connectivity index (χ2v) is 13.4. The predicted molar refractivity (Wildman–Crippen MR) is 194 cm³/mol. The minimum Gasteiger partial charge on any atom is -0.308 e. The molecule has 9 heteroatoms. The molecule has 0 aliphatic heterocycles. The first kappa shape index (κ1) is 33.2. The summed E-state index contributed by atoms with van der Waals surface area (Å²) in [7, 11) is 0. The highest BCUT2D eigenvalue weighted by atomic mass is 19.4. The molecular weight excluding hydrogens is 672 g/mol. The molecule has 0 fully saturated rings. The topological polar surface area (TPSA) is 33.6 Å². The summed E-state index contributed by atoms with van der Waals surface area (Å²) >= 11 is 0. The Morgan fingerprint density at radius 3 is 1.25 bits per heavy atom. The summed E-state index contributed by atoms with van der Waals surface area (Å²) in [5, 5.41) is 14.5. The highest BCUT2D eigenvalue weighted by Crippen LogP contribution is 2.49. The number of hydrogen-bond donors (Lipinski definition) is 0. The van der Waals surface area contributed by atoms with E-state index < -0.39 is 29.0 Å². The van der Waals surface area contributed by atoms with Gasteiger partial charge in [0.25, 0.3) is 0 Å². The van der Waals surface area contributed by atoms with Crippen molar-refractivity contribution < 1.29 is 26.3 Å². The first-order valence-corrected chi connectivity index (χ1v) is 16.6. The average molecular weight is 702 g/mol. The van der Waals surface area contributed by atoms with Gasteiger partial charge in [-0.3, -0.25) is 0 Å². The Bertz CT molecular complexity index is 2670. The molecule has 0 saturated carbocycles. The molecule has 0 aliphatic rings. The number of nitriles is 1. The number of aromatic nitrogens is 2. The number of fused-ring (bicyclic) bond motifs is 6. The average Bonchev–Trinajstić information content (AvgIpc) is 3.56. The first-order chi connectivity index (χ1) is 24.7. The van der Waals surface area contributed by atoms with Crippen LogP contribution in [0.5, 0.6) is 0 Å². The lowest BCUT2D eigenvalue weighted by atomic mass is 9.90. The van der Waals surface area contributed by atoms with Crippen LogP contribution in [-0.4, -0.2) is 9.13 Å². The van der Waals surface area contributed by atoms with Gasteiger partial charge in [0, 0.05) is 32.7 Å². The third-order valence-corrected chi connectivity index (χ3v) is 9.83. The fourth-order valence-corrected chi connectivity index (χ4v) is 7.60. The van der Waals surface area contributed by atoms with Crippen molar-refractivity contribution in [1.29, 1.82) is 5.26 Å². The van der Waals surface area contributed by atoms with E-state index in [0.29, 0.717) is 28.9 Å². The van der Waals surface area contributed by atoms with Crippen LogP contribution in [0.4, 0.5) is 26.3 Å². The standard InChI is InChI=1S/C43H29F6N3/c1-23-8-12-27-28-13-9-24(2)19-37(28)51(36(27)18-23)35-17-16-31(40-33(42(44,45)46)6-5-7-34(40)43(47,48)49)41(32(35)22-50)52-38-20-25(3)10-14-29(38)30-15-11-26(4)21-39(30)52/h5-21H,1-4H3. The minimum atomic E-state index is -5.14. The fraction of sp³-hybridized carbons (Fsp3) is 0.140. The van der Waals surface area contributed by atoms with E-state index in [9.17, 15) is 31.6 Å². The van der Waals surface area contributed by atoms with E-state index in [1.54, 1.807) is 4.57 Å². The van der Waals surface area contributed by atoms with Gasteiger partial charge in [0.1, 0.15) is 11.6 Å². The molecule has 0 saturated heterocycles. The molecule has 6 aromatic carbocycles. The Labute approximate surface area is 294 Å². The zero-order valence-corrected chi connectivity index (χ0v) is 28.4. The number of rotatable bonds is 3. The summed E-state index contributed by atoms with van der Waals surface area (Å²) < 4.78 is 92.7. The molecule has 0 spiro atoms. The molecule has 2 aromatic heterocycles. The first-order valence-electron chi connectivity index (χ1n) is 16.6. The summed E-state index contributed by atoms with van der Waals surface area (Å²) in [4.78, 5) is 0. The van der Waals surface area contributed by atoms with Gasteiger partial charge < -0.3 is 9.13 Å². The smallest absolute Gasteiger partial charge is 0.308 e. The molecule has 8 aromatic rings. The molecule has 0 unspecified atom stereocenters. The van der Waals surface area contributed by atoms with Crippen LogP contribution in [0.3, 0.4) is 0 Å². The van der Waals surface area contributed by atoms with Crippen LogP contribution < -0.4 is 0 Å². The Hall–Kier alpha value is -6.01. The highest BCUT2D eigenvalue weighted by molar-refractivity contribution is 6.12. The van der Waals surface area contributed by atoms with E-state index in [1.807, 2.05) is 105 Å². The SMILES string of the molecule is Cc1ccc2c3ccc(C)cc3n(-c3ccc(-c4c(C(F)(F)F)cccc4C(F)(F)F)c(-n4c5cc(C)ccc5c5ccc(C)cc54)c3C#N)c2c1. The molecule has 258 valence electrons. The lowest BCUT2D eigenvalue weighted by Crippen LogP contribution is -2.16. The molecule has 52 heavy (non-hydrogen) atoms. The maximum atomic E-state index is 14.9. The Kier molecular flexibility index (Phi) is 7.33. The third-order valence-electron chi connectivity index (χ3n) is 9.83. The molecule has 0 radical (unpaired) electrons. The van der Waals surface area contributed by atoms with Crippen LogP contribution >= 0.6 is 0 Å². The van der Waals surface area contributed by atoms with Gasteiger partial charge in [-0.2, -0.15) is 31.6 Å². The summed E-state index contributed by atoms with van der Waals surface area (Å²) in [6.07, 6.45) is -10.3. The zero-order valence-electron chi connectivity index (χ0n) is 28.4. The van der Waals surface area contributed by atoms with Crippen molar-refractivity contribution in [3.05, 3.63) is 142 Å². The second kappa shape index (κ2) is 11.5. The monoisotopic (exact) mass is 701 g/mol. The zero-order chi connectivity index (χ0) is 36.9. The van der Waals surface area contributed by atoms with Crippen molar-refractivity contribution in [1.82, 2.24) is 9.13 Å². The van der Waals surface area contributed by atoms with E-state index >= 15 is 0 Å². The number of halogens is 6. The maximum absolute atomic E-state index is 14.9. The number of alkyl halides is 6. The number of benzene rings is 6. The molecule has 0 atom stereocenters. The summed E-state index contributed by atoms with van der Waals surface area (Å²) in [6, 6.07) is 30.2. The normalized spacial score (nSPS) is 12.4. The van der Waals surface area contributed by atoms with Gasteiger partial charge in [-0.15, -0.1) is 0 Å². The van der Waals surface area contributed by atoms with Gasteiger partial charge in [0.2, 0.25) is 0 Å². The minimum absolute atomic E-state index is 0.0753. The maximum Gasteiger partial charge on any atom is 0.417 e. The molecule has 0 aliphatic carbocycles. The van der Waals surface area contributed by atoms with Crippen molar-refractivity contribution in [3.63, 3.8) is 0 Å². The molecule has 3 nitrogen and oxygen atoms in total. The Morgan fingerprint density at radius 1 is 0.500 bits per heavy atom. The lowest BCUT2D eigenvalue weighted by Gasteiger charge is -2.24. The van der Waals surface area contributed by atoms with Gasteiger partial charge in [0.15, 0.2) is 0 Å². The van der Waals surface area contributed by atoms with Crippen LogP contribution in [0.15, 0.2) is 103 Å². The lowest BCUT2D eigenvalue weighted by molar-refractivity contribution is -0.142. The van der Waals surface area contributed by atoms with Crippen molar-refractivity contribution in [2.24, 2.45) is 0 Å². The van der Waals surface area contributed by atoms with Gasteiger partial charge in [-0.1, -0.05) is 60.7 Å². The van der Waals surface area contributed by atoms with E-state index in [0.717, 1.165) is 60.9 Å². The van der Waals surface area contributed by atoms with Crippen LogP contribution in [0.1, 0.15) is 38.9 Å². The van der Waals surface area contributed by atoms with Crippen molar-refractivity contribution in [2.45, 2.75) is 40.0 Å². The molecule has 0 bridgehead atoms. The van der Waals surface area contributed by atoms with E-state index in [-0.39, 0.29) is 16.8 Å². The molecular formula is C43H29F6N3. The Balaban J connectivity index is 1.65. The van der Waals surface area contributed by atoms with E-state index in [4.69, 9.17) is 0 Å². The Morgan fingerprint density at radius 2 is 0.885 bits per heavy atom.